The molecule has 0 radical (unpaired) electrons. The highest BCUT2D eigenvalue weighted by Crippen LogP contribution is 2.43. The number of furan rings is 1. The molecule has 1 atom stereocenters. The maximum Gasteiger partial charge on any atom is 0.324 e. The predicted molar refractivity (Wildman–Crippen MR) is 98.2 cm³/mol. The van der Waals surface area contributed by atoms with Crippen molar-refractivity contribution < 1.29 is 37.7 Å². The van der Waals surface area contributed by atoms with Crippen LogP contribution in [0.2, 0.25) is 0 Å². The molecule has 0 saturated heterocycles. The molecule has 146 valence electrons. The molecule has 2 aromatic rings. The number of ether oxygens (including phenoxy) is 5. The van der Waals surface area contributed by atoms with Crippen molar-refractivity contribution in [2.24, 2.45) is 0 Å². The number of methoxy groups -OCH3 is 3. The molecule has 1 unspecified atom stereocenters. The lowest BCUT2D eigenvalue weighted by Crippen LogP contribution is -2.11. The number of halogens is 1. The van der Waals surface area contributed by atoms with Crippen LogP contribution in [0.15, 0.2) is 28.7 Å². The quantitative estimate of drug-likeness (QED) is 0.239. The van der Waals surface area contributed by atoms with Gasteiger partial charge in [0.15, 0.2) is 25.6 Å². The number of aldehydes is 1. The van der Waals surface area contributed by atoms with Gasteiger partial charge in [-0.1, -0.05) is 15.9 Å². The van der Waals surface area contributed by atoms with Crippen LogP contribution in [-0.4, -0.2) is 47.2 Å². The molecule has 1 aromatic heterocycles. The number of hydrogen-bond donors (Lipinski definition) is 0. The van der Waals surface area contributed by atoms with Crippen LogP contribution in [0.4, 0.5) is 0 Å². The summed E-state index contributed by atoms with van der Waals surface area (Å²) in [5.74, 6) is 0.681. The number of benzene rings is 1. The maximum absolute atomic E-state index is 12.1. The molecule has 0 N–H and O–H groups in total. The number of esters is 1. The van der Waals surface area contributed by atoms with Gasteiger partial charge in [0.25, 0.3) is 0 Å². The normalized spacial score (nSPS) is 11.7. The van der Waals surface area contributed by atoms with Gasteiger partial charge in [0.1, 0.15) is 22.1 Å². The van der Waals surface area contributed by atoms with Crippen LogP contribution in [-0.2, 0) is 19.0 Å². The van der Waals surface area contributed by atoms with E-state index in [0.29, 0.717) is 34.7 Å². The average molecular weight is 443 g/mol. The number of carbonyl (C=O) groups excluding carboxylic acids is 2. The highest BCUT2D eigenvalue weighted by Gasteiger charge is 2.27. The summed E-state index contributed by atoms with van der Waals surface area (Å²) >= 11 is 3.33. The van der Waals surface area contributed by atoms with Crippen molar-refractivity contribution in [1.29, 1.82) is 0 Å². The van der Waals surface area contributed by atoms with Crippen molar-refractivity contribution >= 4 is 28.2 Å². The van der Waals surface area contributed by atoms with Crippen molar-refractivity contribution in [2.45, 2.75) is 4.83 Å². The fraction of sp³-hybridized carbons (Fsp3) is 0.333. The highest BCUT2D eigenvalue weighted by atomic mass is 79.9. The number of hydrogen-bond acceptors (Lipinski definition) is 8. The molecule has 1 aromatic carbocycles. The van der Waals surface area contributed by atoms with E-state index in [1.165, 1.54) is 27.4 Å². The fourth-order valence-corrected chi connectivity index (χ4v) is 2.85. The SMILES string of the molecule is COCOc1cc(OCOC)c(-c2ccc(C=O)o2)c(C(Br)C(=O)OC)c1. The Kier molecular flexibility index (Phi) is 7.83. The van der Waals surface area contributed by atoms with Crippen LogP contribution < -0.4 is 9.47 Å². The van der Waals surface area contributed by atoms with Gasteiger partial charge in [-0.15, -0.1) is 0 Å². The van der Waals surface area contributed by atoms with E-state index in [2.05, 4.69) is 15.9 Å². The molecule has 0 aliphatic rings. The van der Waals surface area contributed by atoms with E-state index in [9.17, 15) is 9.59 Å². The summed E-state index contributed by atoms with van der Waals surface area (Å²) in [5.41, 5.74) is 0.922. The molecule has 0 amide bonds. The summed E-state index contributed by atoms with van der Waals surface area (Å²) in [6.07, 6.45) is 0.584. The maximum atomic E-state index is 12.1. The molecule has 0 spiro atoms. The Bertz CT molecular complexity index is 786. The molecule has 1 heterocycles. The van der Waals surface area contributed by atoms with Crippen LogP contribution in [0.3, 0.4) is 0 Å². The molecular formula is C18H19BrO8. The fourth-order valence-electron chi connectivity index (χ4n) is 2.30. The minimum atomic E-state index is -0.835. The highest BCUT2D eigenvalue weighted by molar-refractivity contribution is 9.09. The van der Waals surface area contributed by atoms with Gasteiger partial charge in [0.05, 0.1) is 12.7 Å². The van der Waals surface area contributed by atoms with Crippen LogP contribution in [0, 0.1) is 0 Å². The molecule has 0 bridgehead atoms. The molecule has 0 saturated carbocycles. The van der Waals surface area contributed by atoms with Gasteiger partial charge in [-0.25, -0.2) is 0 Å². The van der Waals surface area contributed by atoms with Gasteiger partial charge in [-0.3, -0.25) is 9.59 Å². The predicted octanol–water partition coefficient (Wildman–Crippen LogP) is 3.33. The summed E-state index contributed by atoms with van der Waals surface area (Å²) in [6.45, 7) is -0.0453. The van der Waals surface area contributed by atoms with E-state index in [1.54, 1.807) is 18.2 Å². The molecule has 27 heavy (non-hydrogen) atoms. The van der Waals surface area contributed by atoms with Gasteiger partial charge in [-0.2, -0.15) is 0 Å². The monoisotopic (exact) mass is 442 g/mol. The van der Waals surface area contributed by atoms with Crippen molar-refractivity contribution in [2.75, 3.05) is 34.9 Å². The molecule has 0 aliphatic carbocycles. The lowest BCUT2D eigenvalue weighted by Gasteiger charge is -2.18. The molecule has 8 nitrogen and oxygen atoms in total. The van der Waals surface area contributed by atoms with Gasteiger partial charge in [0.2, 0.25) is 0 Å². The molecule has 9 heteroatoms. The van der Waals surface area contributed by atoms with Crippen molar-refractivity contribution in [3.8, 4) is 22.8 Å². The summed E-state index contributed by atoms with van der Waals surface area (Å²) in [4.78, 5) is 22.3. The second-order valence-electron chi connectivity index (χ2n) is 5.19. The topological polar surface area (TPSA) is 93.4 Å². The lowest BCUT2D eigenvalue weighted by atomic mass is 10.0. The van der Waals surface area contributed by atoms with Crippen LogP contribution >= 0.6 is 15.9 Å². The summed E-state index contributed by atoms with van der Waals surface area (Å²) in [6, 6.07) is 6.36. The van der Waals surface area contributed by atoms with E-state index in [1.807, 2.05) is 0 Å². The van der Waals surface area contributed by atoms with Crippen molar-refractivity contribution in [3.05, 3.63) is 35.6 Å². The average Bonchev–Trinajstić information content (AvgIpc) is 3.17. The third-order valence-electron chi connectivity index (χ3n) is 3.45. The first-order valence-corrected chi connectivity index (χ1v) is 8.66. The van der Waals surface area contributed by atoms with E-state index in [4.69, 9.17) is 28.1 Å². The van der Waals surface area contributed by atoms with E-state index < -0.39 is 10.8 Å². The second kappa shape index (κ2) is 10.1. The van der Waals surface area contributed by atoms with Gasteiger partial charge < -0.3 is 28.1 Å². The summed E-state index contributed by atoms with van der Waals surface area (Å²) in [7, 11) is 4.25. The first kappa shape index (κ1) is 20.9. The Labute approximate surface area is 164 Å². The molecule has 0 aliphatic heterocycles. The van der Waals surface area contributed by atoms with Crippen molar-refractivity contribution in [3.63, 3.8) is 0 Å². The standard InChI is InChI=1S/C18H19BrO8/c1-22-9-25-12-6-13(17(19)18(21)24-3)16(15(7-12)26-10-23-2)14-5-4-11(8-20)27-14/h4-8,17H,9-10H2,1-3H3. The zero-order valence-corrected chi connectivity index (χ0v) is 16.6. The van der Waals surface area contributed by atoms with Crippen LogP contribution in [0.25, 0.3) is 11.3 Å². The first-order chi connectivity index (χ1) is 13.0. The number of carbonyl (C=O) groups is 2. The zero-order valence-electron chi connectivity index (χ0n) is 15.0. The van der Waals surface area contributed by atoms with Crippen LogP contribution in [0.5, 0.6) is 11.5 Å². The second-order valence-corrected chi connectivity index (χ2v) is 6.11. The Morgan fingerprint density at radius 2 is 1.85 bits per heavy atom. The van der Waals surface area contributed by atoms with Gasteiger partial charge >= 0.3 is 5.97 Å². The Balaban J connectivity index is 2.65. The number of alkyl halides is 1. The lowest BCUT2D eigenvalue weighted by molar-refractivity contribution is -0.139. The third kappa shape index (κ3) is 5.09. The summed E-state index contributed by atoms with van der Waals surface area (Å²) < 4.78 is 31.4. The first-order valence-electron chi connectivity index (χ1n) is 7.74. The largest absolute Gasteiger partial charge is 0.468 e. The molecular weight excluding hydrogens is 424 g/mol. The third-order valence-corrected chi connectivity index (χ3v) is 4.32. The van der Waals surface area contributed by atoms with E-state index in [-0.39, 0.29) is 19.3 Å². The van der Waals surface area contributed by atoms with Crippen LogP contribution in [0.1, 0.15) is 20.9 Å². The molecule has 0 fully saturated rings. The Morgan fingerprint density at radius 1 is 1.15 bits per heavy atom. The minimum Gasteiger partial charge on any atom is -0.468 e. The van der Waals surface area contributed by atoms with Gasteiger partial charge in [-0.05, 0) is 23.8 Å². The van der Waals surface area contributed by atoms with E-state index in [0.717, 1.165) is 0 Å². The Morgan fingerprint density at radius 3 is 2.44 bits per heavy atom. The smallest absolute Gasteiger partial charge is 0.324 e. The Hall–Kier alpha value is -2.36. The zero-order chi connectivity index (χ0) is 19.8. The molecule has 2 rings (SSSR count). The minimum absolute atomic E-state index is 0.00369. The van der Waals surface area contributed by atoms with E-state index >= 15 is 0 Å². The number of rotatable bonds is 10. The van der Waals surface area contributed by atoms with Gasteiger partial charge in [0, 0.05) is 20.3 Å². The van der Waals surface area contributed by atoms with Crippen molar-refractivity contribution in [1.82, 2.24) is 0 Å². The summed E-state index contributed by atoms with van der Waals surface area (Å²) in [5, 5.41) is 0.